The number of benzene rings is 1. The lowest BCUT2D eigenvalue weighted by molar-refractivity contribution is -0.857. The van der Waals surface area contributed by atoms with Gasteiger partial charge in [0.1, 0.15) is 35.7 Å². The third kappa shape index (κ3) is 4.31. The molecule has 1 aromatic carbocycles. The van der Waals surface area contributed by atoms with E-state index in [1.807, 2.05) is 14.1 Å². The van der Waals surface area contributed by atoms with Crippen molar-refractivity contribution in [2.75, 3.05) is 33.8 Å². The second kappa shape index (κ2) is 9.00. The molecule has 0 unspecified atom stereocenters. The molecule has 30 heavy (non-hydrogen) atoms. The summed E-state index contributed by atoms with van der Waals surface area (Å²) < 4.78 is 11.2. The normalized spacial score (nSPS) is 18.3. The molecule has 1 fully saturated rings. The zero-order chi connectivity index (χ0) is 21.8. The Bertz CT molecular complexity index is 972. The van der Waals surface area contributed by atoms with Crippen LogP contribution in [0.25, 0.3) is 5.76 Å². The van der Waals surface area contributed by atoms with E-state index in [1.165, 1.54) is 4.90 Å². The van der Waals surface area contributed by atoms with Crippen molar-refractivity contribution < 1.29 is 28.7 Å². The van der Waals surface area contributed by atoms with E-state index in [0.717, 1.165) is 4.90 Å². The summed E-state index contributed by atoms with van der Waals surface area (Å²) in [5, 5.41) is 11.0. The number of likely N-dealkylation sites (N-methyl/N-ethyl adjacent to an activating group) is 1. The van der Waals surface area contributed by atoms with E-state index in [4.69, 9.17) is 9.15 Å². The number of amides is 1. The maximum atomic E-state index is 12.9. The molecule has 0 spiro atoms. The first-order valence-corrected chi connectivity index (χ1v) is 9.81. The Morgan fingerprint density at radius 2 is 1.93 bits per heavy atom. The second-order valence-electron chi connectivity index (χ2n) is 7.52. The molecular formula is C23H27N2O5+. The minimum absolute atomic E-state index is 0.0304. The number of ketones is 1. The van der Waals surface area contributed by atoms with E-state index in [2.05, 4.69) is 6.58 Å². The number of ether oxygens (including phenoxy) is 1. The molecule has 158 valence electrons. The zero-order valence-electron chi connectivity index (χ0n) is 17.5. The summed E-state index contributed by atoms with van der Waals surface area (Å²) in [6.45, 7) is 6.78. The van der Waals surface area contributed by atoms with Crippen LogP contribution < -0.4 is 9.64 Å². The Kier molecular flexibility index (Phi) is 6.42. The minimum atomic E-state index is -0.769. The first kappa shape index (κ1) is 21.4. The third-order valence-electron chi connectivity index (χ3n) is 4.92. The average Bonchev–Trinajstić information content (AvgIpc) is 3.26. The lowest BCUT2D eigenvalue weighted by Crippen LogP contribution is -3.06. The lowest BCUT2D eigenvalue weighted by Gasteiger charge is -2.23. The van der Waals surface area contributed by atoms with Crippen LogP contribution in [0.15, 0.2) is 59.0 Å². The largest absolute Gasteiger partial charge is 0.507 e. The summed E-state index contributed by atoms with van der Waals surface area (Å²) in [7, 11) is 3.94. The predicted octanol–water partition coefficient (Wildman–Crippen LogP) is 1.72. The summed E-state index contributed by atoms with van der Waals surface area (Å²) >= 11 is 0. The zero-order valence-corrected chi connectivity index (χ0v) is 17.5. The number of furan rings is 1. The van der Waals surface area contributed by atoms with Crippen molar-refractivity contribution in [1.82, 2.24) is 4.90 Å². The monoisotopic (exact) mass is 411 g/mol. The van der Waals surface area contributed by atoms with Crippen LogP contribution in [0.1, 0.15) is 23.1 Å². The number of aliphatic hydroxyl groups excluding tert-OH is 1. The fraction of sp³-hybridized carbons (Fsp3) is 0.304. The highest BCUT2D eigenvalue weighted by Crippen LogP contribution is 2.39. The highest BCUT2D eigenvalue weighted by molar-refractivity contribution is 6.46. The first-order chi connectivity index (χ1) is 14.3. The van der Waals surface area contributed by atoms with E-state index >= 15 is 0 Å². The van der Waals surface area contributed by atoms with Gasteiger partial charge in [0.25, 0.3) is 11.7 Å². The van der Waals surface area contributed by atoms with Crippen LogP contribution in [0.5, 0.6) is 5.75 Å². The molecule has 1 aliphatic heterocycles. The molecule has 3 rings (SSSR count). The summed E-state index contributed by atoms with van der Waals surface area (Å²) in [4.78, 5) is 28.3. The standard InChI is InChI=1S/C23H26N2O5/c1-5-14-29-17-9-7-16(8-10-17)21(26)19-20(18-11-6-15(2)30-18)25(13-12-24(3)4)23(28)22(19)27/h5-11,20,26H,1,12-14H2,2-4H3/p+1/t20-/m0/s1. The van der Waals surface area contributed by atoms with Crippen LogP contribution in [-0.2, 0) is 9.59 Å². The molecule has 7 nitrogen and oxygen atoms in total. The van der Waals surface area contributed by atoms with Gasteiger partial charge in [0.05, 0.1) is 32.8 Å². The third-order valence-corrected chi connectivity index (χ3v) is 4.92. The van der Waals surface area contributed by atoms with E-state index in [1.54, 1.807) is 49.4 Å². The molecule has 1 aromatic heterocycles. The summed E-state index contributed by atoms with van der Waals surface area (Å²) in [5.41, 5.74) is 0.452. The number of hydrogen-bond acceptors (Lipinski definition) is 5. The van der Waals surface area contributed by atoms with Gasteiger partial charge < -0.3 is 24.1 Å². The van der Waals surface area contributed by atoms with Gasteiger partial charge in [0, 0.05) is 5.56 Å². The molecule has 1 atom stereocenters. The van der Waals surface area contributed by atoms with E-state index < -0.39 is 17.7 Å². The van der Waals surface area contributed by atoms with Gasteiger partial charge in [0.15, 0.2) is 0 Å². The molecule has 0 saturated carbocycles. The molecule has 1 saturated heterocycles. The SMILES string of the molecule is C=CCOc1ccc(C(O)=C2C(=O)C(=O)N(CC[NH+](C)C)[C@H]2c2ccc(C)o2)cc1. The fourth-order valence-corrected chi connectivity index (χ4v) is 3.37. The van der Waals surface area contributed by atoms with Crippen LogP contribution in [0.3, 0.4) is 0 Å². The van der Waals surface area contributed by atoms with Crippen molar-refractivity contribution in [2.45, 2.75) is 13.0 Å². The minimum Gasteiger partial charge on any atom is -0.507 e. The number of hydrogen-bond donors (Lipinski definition) is 2. The Labute approximate surface area is 175 Å². The number of Topliss-reactive ketones (excluding diaryl/α,β-unsaturated/α-hetero) is 1. The van der Waals surface area contributed by atoms with Gasteiger partial charge >= 0.3 is 0 Å². The van der Waals surface area contributed by atoms with Crippen LogP contribution in [0, 0.1) is 6.92 Å². The highest BCUT2D eigenvalue weighted by Gasteiger charge is 2.47. The molecular weight excluding hydrogens is 384 g/mol. The van der Waals surface area contributed by atoms with Crippen molar-refractivity contribution in [3.63, 3.8) is 0 Å². The van der Waals surface area contributed by atoms with Gasteiger partial charge in [-0.25, -0.2) is 0 Å². The fourth-order valence-electron chi connectivity index (χ4n) is 3.37. The van der Waals surface area contributed by atoms with Crippen molar-refractivity contribution >= 4 is 17.4 Å². The molecule has 2 aromatic rings. The van der Waals surface area contributed by atoms with E-state index in [0.29, 0.717) is 42.5 Å². The van der Waals surface area contributed by atoms with E-state index in [9.17, 15) is 14.7 Å². The van der Waals surface area contributed by atoms with E-state index in [-0.39, 0.29) is 11.3 Å². The summed E-state index contributed by atoms with van der Waals surface area (Å²) in [5.74, 6) is 0.141. The lowest BCUT2D eigenvalue weighted by atomic mass is 9.99. The smallest absolute Gasteiger partial charge is 0.295 e. The second-order valence-corrected chi connectivity index (χ2v) is 7.52. The van der Waals surface area contributed by atoms with Crippen molar-refractivity contribution in [1.29, 1.82) is 0 Å². The van der Waals surface area contributed by atoms with Crippen LogP contribution in [0.2, 0.25) is 0 Å². The van der Waals surface area contributed by atoms with Gasteiger partial charge in [-0.2, -0.15) is 0 Å². The number of carbonyl (C=O) groups excluding carboxylic acids is 2. The summed E-state index contributed by atoms with van der Waals surface area (Å²) in [6, 6.07) is 9.42. The van der Waals surface area contributed by atoms with Crippen molar-refractivity contribution in [3.8, 4) is 5.75 Å². The van der Waals surface area contributed by atoms with Crippen molar-refractivity contribution in [3.05, 3.63) is 71.7 Å². The number of aliphatic hydroxyl groups is 1. The summed E-state index contributed by atoms with van der Waals surface area (Å²) in [6.07, 6.45) is 1.64. The Morgan fingerprint density at radius 3 is 2.50 bits per heavy atom. The van der Waals surface area contributed by atoms with Crippen LogP contribution in [0.4, 0.5) is 0 Å². The number of aryl methyl sites for hydroxylation is 1. The molecule has 1 aliphatic rings. The van der Waals surface area contributed by atoms with Gasteiger partial charge in [0.2, 0.25) is 0 Å². The molecule has 1 amide bonds. The average molecular weight is 411 g/mol. The molecule has 0 bridgehead atoms. The van der Waals surface area contributed by atoms with Gasteiger partial charge in [-0.1, -0.05) is 12.7 Å². The number of likely N-dealkylation sites (tertiary alicyclic amines) is 1. The molecule has 0 aliphatic carbocycles. The number of nitrogens with zero attached hydrogens (tertiary/aromatic N) is 1. The Balaban J connectivity index is 2.03. The topological polar surface area (TPSA) is 84.4 Å². The van der Waals surface area contributed by atoms with Crippen LogP contribution >= 0.6 is 0 Å². The maximum absolute atomic E-state index is 12.9. The molecule has 7 heteroatoms. The van der Waals surface area contributed by atoms with Gasteiger partial charge in [-0.05, 0) is 43.3 Å². The predicted molar refractivity (Wildman–Crippen MR) is 112 cm³/mol. The number of carbonyl (C=O) groups is 2. The molecule has 2 heterocycles. The van der Waals surface area contributed by atoms with Gasteiger partial charge in [-0.15, -0.1) is 0 Å². The molecule has 0 radical (unpaired) electrons. The van der Waals surface area contributed by atoms with Crippen LogP contribution in [-0.4, -0.2) is 55.5 Å². The van der Waals surface area contributed by atoms with Gasteiger partial charge in [-0.3, -0.25) is 9.59 Å². The maximum Gasteiger partial charge on any atom is 0.295 e. The first-order valence-electron chi connectivity index (χ1n) is 9.81. The Morgan fingerprint density at radius 1 is 1.23 bits per heavy atom. The Hall–Kier alpha value is -3.32. The highest BCUT2D eigenvalue weighted by atomic mass is 16.5. The number of quaternary nitrogens is 1. The quantitative estimate of drug-likeness (QED) is 0.299. The molecule has 2 N–H and O–H groups in total. The van der Waals surface area contributed by atoms with Crippen molar-refractivity contribution in [2.24, 2.45) is 0 Å². The number of nitrogens with one attached hydrogen (secondary N) is 1. The number of rotatable bonds is 8.